The number of fused-ring (bicyclic) bond motifs is 1. The van der Waals surface area contributed by atoms with Crippen LogP contribution < -0.4 is 20.9 Å². The number of rotatable bonds is 6. The van der Waals surface area contributed by atoms with E-state index < -0.39 is 29.7 Å². The van der Waals surface area contributed by atoms with Crippen LogP contribution in [0.3, 0.4) is 0 Å². The maximum Gasteiger partial charge on any atom is 0.315 e. The molecule has 2 saturated heterocycles. The van der Waals surface area contributed by atoms with Crippen LogP contribution in [0.4, 0.5) is 10.5 Å². The third kappa shape index (κ3) is 5.55. The van der Waals surface area contributed by atoms with Gasteiger partial charge in [0.2, 0.25) is 11.8 Å². The number of amides is 6. The molecule has 0 radical (unpaired) electrons. The molecule has 2 aromatic rings. The van der Waals surface area contributed by atoms with Crippen LogP contribution in [0.15, 0.2) is 30.3 Å². The second-order valence-corrected chi connectivity index (χ2v) is 11.5. The first-order valence-corrected chi connectivity index (χ1v) is 14.3. The summed E-state index contributed by atoms with van der Waals surface area (Å²) in [7, 11) is 0. The minimum absolute atomic E-state index is 0.0220. The molecule has 0 aromatic heterocycles. The van der Waals surface area contributed by atoms with Crippen molar-refractivity contribution in [2.75, 3.05) is 18.0 Å². The van der Waals surface area contributed by atoms with Crippen molar-refractivity contribution < 1.29 is 24.0 Å². The highest BCUT2D eigenvalue weighted by Gasteiger charge is 2.46. The fourth-order valence-corrected chi connectivity index (χ4v) is 6.11. The van der Waals surface area contributed by atoms with Gasteiger partial charge in [0.1, 0.15) is 6.04 Å². The Bertz CT molecular complexity index is 1430. The Labute approximate surface area is 239 Å². The molecule has 216 valence electrons. The minimum Gasteiger partial charge on any atom is -0.371 e. The summed E-state index contributed by atoms with van der Waals surface area (Å²) in [4.78, 5) is 66.3. The second kappa shape index (κ2) is 11.3. The minimum atomic E-state index is -0.998. The second-order valence-electron chi connectivity index (χ2n) is 11.5. The van der Waals surface area contributed by atoms with Crippen molar-refractivity contribution in [2.45, 2.75) is 77.9 Å². The average Bonchev–Trinajstić information content (AvgIpc) is 3.19. The van der Waals surface area contributed by atoms with Crippen LogP contribution in [0.2, 0.25) is 0 Å². The highest BCUT2D eigenvalue weighted by atomic mass is 16.2. The van der Waals surface area contributed by atoms with Gasteiger partial charge in [-0.1, -0.05) is 32.0 Å². The summed E-state index contributed by atoms with van der Waals surface area (Å²) in [5.41, 5.74) is 6.08. The van der Waals surface area contributed by atoms with Crippen molar-refractivity contribution in [3.8, 4) is 0 Å². The average molecular weight is 560 g/mol. The van der Waals surface area contributed by atoms with Gasteiger partial charge in [0.15, 0.2) is 0 Å². The van der Waals surface area contributed by atoms with Gasteiger partial charge in [-0.3, -0.25) is 29.4 Å². The Kier molecular flexibility index (Phi) is 7.84. The number of nitrogens with zero attached hydrogens (tertiary/aromatic N) is 2. The number of imide groups is 2. The number of hydrogen-bond acceptors (Lipinski definition) is 6. The van der Waals surface area contributed by atoms with Crippen molar-refractivity contribution in [2.24, 2.45) is 0 Å². The van der Waals surface area contributed by atoms with E-state index in [1.807, 2.05) is 6.07 Å². The molecule has 3 aliphatic rings. The van der Waals surface area contributed by atoms with E-state index in [-0.39, 0.29) is 30.5 Å². The molecule has 3 heterocycles. The molecule has 3 aliphatic heterocycles. The number of urea groups is 1. The lowest BCUT2D eigenvalue weighted by molar-refractivity contribution is -0.136. The first-order chi connectivity index (χ1) is 19.5. The molecule has 2 fully saturated rings. The van der Waals surface area contributed by atoms with Crippen molar-refractivity contribution in [1.82, 2.24) is 20.9 Å². The van der Waals surface area contributed by atoms with Gasteiger partial charge in [-0.25, -0.2) is 4.79 Å². The van der Waals surface area contributed by atoms with Crippen LogP contribution in [0, 0.1) is 13.8 Å². The first kappa shape index (κ1) is 28.3. The largest absolute Gasteiger partial charge is 0.371 e. The summed E-state index contributed by atoms with van der Waals surface area (Å²) < 4.78 is 0. The number of hydrogen-bond donors (Lipinski definition) is 3. The van der Waals surface area contributed by atoms with E-state index in [1.165, 1.54) is 16.7 Å². The molecule has 0 bridgehead atoms. The van der Waals surface area contributed by atoms with E-state index in [9.17, 15) is 24.0 Å². The highest BCUT2D eigenvalue weighted by molar-refractivity contribution is 6.25. The topological polar surface area (TPSA) is 128 Å². The highest BCUT2D eigenvalue weighted by Crippen LogP contribution is 2.35. The van der Waals surface area contributed by atoms with E-state index in [0.717, 1.165) is 10.5 Å². The Morgan fingerprint density at radius 2 is 1.76 bits per heavy atom. The predicted octanol–water partition coefficient (Wildman–Crippen LogP) is 3.30. The standard InChI is InChI=1S/C31H37N5O5/c1-17(2)23-15-20(14-18(3)19(23)4)16-32-31(41)33-21-10-12-35(13-11-21)24-7-5-6-22-27(24)30(40)36(29(22)39)25-8-9-26(37)34-28(25)38/h5-7,14-15,17,21,25H,8-13,16H2,1-4H3,(H2,32,33,41)(H,34,37,38). The van der Waals surface area contributed by atoms with E-state index in [0.29, 0.717) is 49.6 Å². The molecule has 41 heavy (non-hydrogen) atoms. The molecule has 3 N–H and O–H groups in total. The van der Waals surface area contributed by atoms with E-state index in [1.54, 1.807) is 12.1 Å². The number of benzene rings is 2. The van der Waals surface area contributed by atoms with Crippen LogP contribution in [-0.2, 0) is 16.1 Å². The molecule has 2 aromatic carbocycles. The zero-order valence-corrected chi connectivity index (χ0v) is 24.0. The zero-order chi connectivity index (χ0) is 29.4. The summed E-state index contributed by atoms with van der Waals surface area (Å²) in [5, 5.41) is 8.29. The Morgan fingerprint density at radius 3 is 2.44 bits per heavy atom. The predicted molar refractivity (Wildman–Crippen MR) is 154 cm³/mol. The van der Waals surface area contributed by atoms with Crippen LogP contribution >= 0.6 is 0 Å². The molecular formula is C31H37N5O5. The van der Waals surface area contributed by atoms with E-state index in [4.69, 9.17) is 0 Å². The number of nitrogens with one attached hydrogen (secondary N) is 3. The lowest BCUT2D eigenvalue weighted by atomic mass is 9.92. The van der Waals surface area contributed by atoms with Crippen molar-refractivity contribution in [3.63, 3.8) is 0 Å². The first-order valence-electron chi connectivity index (χ1n) is 14.3. The summed E-state index contributed by atoms with van der Waals surface area (Å²) in [5.74, 6) is -1.65. The van der Waals surface area contributed by atoms with Gasteiger partial charge in [-0.15, -0.1) is 0 Å². The molecular weight excluding hydrogens is 522 g/mol. The Morgan fingerprint density at radius 1 is 1.02 bits per heavy atom. The molecule has 10 nitrogen and oxygen atoms in total. The van der Waals surface area contributed by atoms with Gasteiger partial charge in [0.25, 0.3) is 11.8 Å². The van der Waals surface area contributed by atoms with Gasteiger partial charge in [-0.05, 0) is 73.4 Å². The molecule has 5 rings (SSSR count). The smallest absolute Gasteiger partial charge is 0.315 e. The molecule has 10 heteroatoms. The van der Waals surface area contributed by atoms with Crippen molar-refractivity contribution in [1.29, 1.82) is 0 Å². The molecule has 6 amide bonds. The quantitative estimate of drug-likeness (QED) is 0.466. The van der Waals surface area contributed by atoms with E-state index in [2.05, 4.69) is 60.7 Å². The van der Waals surface area contributed by atoms with E-state index >= 15 is 0 Å². The van der Waals surface area contributed by atoms with Crippen LogP contribution in [0.1, 0.15) is 88.4 Å². The number of anilines is 1. The number of aryl methyl sites for hydroxylation is 1. The fraction of sp³-hybridized carbons (Fsp3) is 0.452. The molecule has 0 saturated carbocycles. The molecule has 0 aliphatic carbocycles. The van der Waals surface area contributed by atoms with Crippen molar-refractivity contribution >= 4 is 35.3 Å². The number of carbonyl (C=O) groups is 5. The lowest BCUT2D eigenvalue weighted by Gasteiger charge is -2.34. The molecule has 1 atom stereocenters. The van der Waals surface area contributed by atoms with Gasteiger partial charge < -0.3 is 15.5 Å². The Balaban J connectivity index is 1.19. The number of carbonyl (C=O) groups excluding carboxylic acids is 5. The monoisotopic (exact) mass is 559 g/mol. The fourth-order valence-electron chi connectivity index (χ4n) is 6.11. The van der Waals surface area contributed by atoms with Gasteiger partial charge in [0.05, 0.1) is 16.8 Å². The summed E-state index contributed by atoms with van der Waals surface area (Å²) >= 11 is 0. The van der Waals surface area contributed by atoms with Gasteiger partial charge in [0, 0.05) is 32.1 Å². The summed E-state index contributed by atoms with van der Waals surface area (Å²) in [6, 6.07) is 8.20. The molecule has 0 spiro atoms. The Hall–Kier alpha value is -4.21. The maximum atomic E-state index is 13.4. The number of piperidine rings is 2. The lowest BCUT2D eigenvalue weighted by Crippen LogP contribution is -2.54. The third-order valence-corrected chi connectivity index (χ3v) is 8.46. The normalized spacial score (nSPS) is 19.5. The maximum absolute atomic E-state index is 13.4. The van der Waals surface area contributed by atoms with Crippen LogP contribution in [-0.4, -0.2) is 59.7 Å². The van der Waals surface area contributed by atoms with Gasteiger partial charge in [-0.2, -0.15) is 0 Å². The van der Waals surface area contributed by atoms with Crippen LogP contribution in [0.5, 0.6) is 0 Å². The molecule has 1 unspecified atom stereocenters. The van der Waals surface area contributed by atoms with Crippen LogP contribution in [0.25, 0.3) is 0 Å². The third-order valence-electron chi connectivity index (χ3n) is 8.46. The summed E-state index contributed by atoms with van der Waals surface area (Å²) in [6.07, 6.45) is 1.55. The SMILES string of the molecule is Cc1cc(CNC(=O)NC2CCN(c3cccc4c3C(=O)N(C3CCC(=O)NC3=O)C4=O)CC2)cc(C(C)C)c1C. The zero-order valence-electron chi connectivity index (χ0n) is 24.0. The summed E-state index contributed by atoms with van der Waals surface area (Å²) in [6.45, 7) is 10.2. The van der Waals surface area contributed by atoms with Gasteiger partial charge >= 0.3 is 6.03 Å². The van der Waals surface area contributed by atoms with Crippen molar-refractivity contribution in [3.05, 3.63) is 63.7 Å².